The van der Waals surface area contributed by atoms with Crippen LogP contribution in [-0.4, -0.2) is 80.5 Å². The highest BCUT2D eigenvalue weighted by Gasteiger charge is 2.28. The third-order valence-corrected chi connectivity index (χ3v) is 11.6. The van der Waals surface area contributed by atoms with Crippen LogP contribution in [0.25, 0.3) is 0 Å². The van der Waals surface area contributed by atoms with E-state index in [1.807, 2.05) is 43.3 Å². The molecule has 0 saturated carbocycles. The van der Waals surface area contributed by atoms with Crippen LogP contribution in [0.2, 0.25) is 0 Å². The van der Waals surface area contributed by atoms with Crippen LogP contribution >= 0.6 is 0 Å². The molecule has 2 N–H and O–H groups in total. The Morgan fingerprint density at radius 2 is 1.44 bits per heavy atom. The Morgan fingerprint density at radius 3 is 2.02 bits per heavy atom. The second-order valence-electron chi connectivity index (χ2n) is 16.0. The molecular formula is C46H74N8O4S. The average molecular weight is 835 g/mol. The predicted octanol–water partition coefficient (Wildman–Crippen LogP) is 10.1. The molecule has 328 valence electrons. The van der Waals surface area contributed by atoms with E-state index in [1.165, 1.54) is 103 Å². The van der Waals surface area contributed by atoms with E-state index in [0.717, 1.165) is 52.8 Å². The van der Waals surface area contributed by atoms with Crippen molar-refractivity contribution in [1.82, 2.24) is 24.9 Å². The highest BCUT2D eigenvalue weighted by Crippen LogP contribution is 2.29. The minimum absolute atomic E-state index is 0.0119. The molecule has 3 aromatic rings. The fourth-order valence-corrected chi connectivity index (χ4v) is 7.79. The topological polar surface area (TPSA) is 135 Å². The Hall–Kier alpha value is -3.81. The number of ether oxygens (including phenoxy) is 2. The van der Waals surface area contributed by atoms with Gasteiger partial charge in [0.1, 0.15) is 12.4 Å². The fraction of sp³-hybridized carbons (Fsp3) is 0.652. The normalized spacial score (nSPS) is 13.8. The number of benzene rings is 2. The molecule has 0 radical (unpaired) electrons. The first-order valence-electron chi connectivity index (χ1n) is 22.6. The van der Waals surface area contributed by atoms with Gasteiger partial charge >= 0.3 is 0 Å². The number of aliphatic imine (C=N–C) groups is 1. The Balaban J connectivity index is 1.15. The van der Waals surface area contributed by atoms with Gasteiger partial charge in [-0.15, -0.1) is 9.89 Å². The summed E-state index contributed by atoms with van der Waals surface area (Å²) in [6, 6.07) is 14.0. The van der Waals surface area contributed by atoms with E-state index in [-0.39, 0.29) is 5.92 Å². The molecule has 2 heterocycles. The van der Waals surface area contributed by atoms with Crippen LogP contribution < -0.4 is 24.4 Å². The van der Waals surface area contributed by atoms with E-state index >= 15 is 0 Å². The van der Waals surface area contributed by atoms with Crippen molar-refractivity contribution in [2.24, 2.45) is 10.1 Å². The summed E-state index contributed by atoms with van der Waals surface area (Å²) in [5.41, 5.74) is 4.41. The SMILES string of the molecule is CCCCCCCCCCCCCCCCCCOc1ccccc1OCNCC(C)c1nc2n(n1)N=C(CC)/C2=N/c1ccc(N(CC)CCNS(C)(=O)=O)cc1C. The minimum atomic E-state index is -3.24. The molecule has 0 fully saturated rings. The van der Waals surface area contributed by atoms with Crippen molar-refractivity contribution in [3.05, 3.63) is 59.7 Å². The van der Waals surface area contributed by atoms with Gasteiger partial charge in [-0.1, -0.05) is 129 Å². The Bertz CT molecular complexity index is 1840. The van der Waals surface area contributed by atoms with Gasteiger partial charge in [0.25, 0.3) is 0 Å². The van der Waals surface area contributed by atoms with E-state index in [9.17, 15) is 8.42 Å². The van der Waals surface area contributed by atoms with Crippen LogP contribution in [0.15, 0.2) is 52.6 Å². The maximum absolute atomic E-state index is 11.5. The van der Waals surface area contributed by atoms with Gasteiger partial charge in [0.2, 0.25) is 15.8 Å². The van der Waals surface area contributed by atoms with Gasteiger partial charge in [-0.2, -0.15) is 5.10 Å². The number of fused-ring (bicyclic) bond motifs is 1. The summed E-state index contributed by atoms with van der Waals surface area (Å²) in [6.07, 6.45) is 23.6. The number of nitrogens with zero attached hydrogens (tertiary/aromatic N) is 6. The molecule has 0 bridgehead atoms. The largest absolute Gasteiger partial charge is 0.490 e. The monoisotopic (exact) mass is 835 g/mol. The average Bonchev–Trinajstić information content (AvgIpc) is 3.78. The lowest BCUT2D eigenvalue weighted by molar-refractivity contribution is 0.246. The van der Waals surface area contributed by atoms with Crippen molar-refractivity contribution in [1.29, 1.82) is 0 Å². The molecule has 1 atom stereocenters. The number of likely N-dealkylation sites (N-methyl/N-ethyl adjacent to an activating group) is 1. The maximum Gasteiger partial charge on any atom is 0.208 e. The zero-order valence-electron chi connectivity index (χ0n) is 37.1. The Labute approximate surface area is 356 Å². The van der Waals surface area contributed by atoms with E-state index in [1.54, 1.807) is 4.79 Å². The third-order valence-electron chi connectivity index (χ3n) is 10.9. The summed E-state index contributed by atoms with van der Waals surface area (Å²) in [5.74, 6) is 2.86. The molecule has 0 spiro atoms. The van der Waals surface area contributed by atoms with Gasteiger partial charge in [0.15, 0.2) is 17.3 Å². The molecule has 0 amide bonds. The summed E-state index contributed by atoms with van der Waals surface area (Å²) in [4.78, 5) is 13.7. The molecular weight excluding hydrogens is 761 g/mol. The molecule has 1 unspecified atom stereocenters. The molecule has 1 aliphatic heterocycles. The maximum atomic E-state index is 11.5. The number of nitrogens with one attached hydrogen (secondary N) is 2. The van der Waals surface area contributed by atoms with Crippen LogP contribution in [0.4, 0.5) is 11.4 Å². The summed E-state index contributed by atoms with van der Waals surface area (Å²) in [6.45, 7) is 13.8. The van der Waals surface area contributed by atoms with E-state index in [4.69, 9.17) is 29.7 Å². The quantitative estimate of drug-likeness (QED) is 0.0469. The van der Waals surface area contributed by atoms with E-state index in [0.29, 0.717) is 51.0 Å². The van der Waals surface area contributed by atoms with Crippen molar-refractivity contribution in [2.75, 3.05) is 50.7 Å². The summed E-state index contributed by atoms with van der Waals surface area (Å²) in [5, 5.41) is 12.8. The van der Waals surface area contributed by atoms with Crippen molar-refractivity contribution >= 4 is 32.8 Å². The number of aromatic nitrogens is 3. The van der Waals surface area contributed by atoms with E-state index < -0.39 is 10.0 Å². The summed E-state index contributed by atoms with van der Waals surface area (Å²) >= 11 is 0. The number of hydrogen-bond acceptors (Lipinski definition) is 10. The zero-order valence-corrected chi connectivity index (χ0v) is 37.9. The van der Waals surface area contributed by atoms with Crippen molar-refractivity contribution in [2.45, 2.75) is 150 Å². The third kappa shape index (κ3) is 17.0. The number of para-hydroxylation sites is 2. The Morgan fingerprint density at radius 1 is 0.831 bits per heavy atom. The van der Waals surface area contributed by atoms with Crippen molar-refractivity contribution < 1.29 is 17.9 Å². The molecule has 1 aliphatic rings. The lowest BCUT2D eigenvalue weighted by Gasteiger charge is -2.24. The number of rotatable bonds is 32. The van der Waals surface area contributed by atoms with E-state index in [2.05, 4.69) is 48.7 Å². The van der Waals surface area contributed by atoms with Crippen molar-refractivity contribution in [3.8, 4) is 11.5 Å². The second-order valence-corrected chi connectivity index (χ2v) is 17.8. The fourth-order valence-electron chi connectivity index (χ4n) is 7.32. The number of aryl methyl sites for hydroxylation is 1. The van der Waals surface area contributed by atoms with Gasteiger partial charge in [0.05, 0.1) is 24.3 Å². The minimum Gasteiger partial charge on any atom is -0.490 e. The second kappa shape index (κ2) is 26.4. The van der Waals surface area contributed by atoms with Crippen LogP contribution in [0, 0.1) is 6.92 Å². The Kier molecular flexibility index (Phi) is 21.4. The van der Waals surface area contributed by atoms with Crippen LogP contribution in [0.3, 0.4) is 0 Å². The number of unbranched alkanes of at least 4 members (excludes halogenated alkanes) is 15. The first-order chi connectivity index (χ1) is 28.6. The van der Waals surface area contributed by atoms with Gasteiger partial charge < -0.3 is 14.4 Å². The van der Waals surface area contributed by atoms with Gasteiger partial charge in [0, 0.05) is 37.8 Å². The predicted molar refractivity (Wildman–Crippen MR) is 245 cm³/mol. The summed E-state index contributed by atoms with van der Waals surface area (Å²) < 4.78 is 37.9. The molecule has 12 nitrogen and oxygen atoms in total. The standard InChI is InChI=1S/C46H74N8O4S/c1-7-10-11-12-13-14-15-16-17-18-19-20-21-22-23-26-33-57-42-27-24-25-28-43(42)58-36-47-35-38(5)45-50-46-44(40(8-2)51-54(46)52-45)49-41-30-29-39(34-37(41)4)53(9-3)32-31-48-59(6,55)56/h24-25,27-30,34,38,47-48H,7-23,26,31-33,35-36H2,1-6H3/b49-44-. The highest BCUT2D eigenvalue weighted by atomic mass is 32.2. The first kappa shape index (κ1) is 47.9. The van der Waals surface area contributed by atoms with Crippen molar-refractivity contribution in [3.63, 3.8) is 0 Å². The number of anilines is 1. The molecule has 0 saturated heterocycles. The lowest BCUT2D eigenvalue weighted by atomic mass is 10.0. The molecule has 13 heteroatoms. The number of hydrogen-bond donors (Lipinski definition) is 2. The lowest BCUT2D eigenvalue weighted by Crippen LogP contribution is -2.34. The first-order valence-corrected chi connectivity index (χ1v) is 24.5. The zero-order chi connectivity index (χ0) is 42.3. The number of sulfonamides is 1. The molecule has 1 aromatic heterocycles. The molecule has 0 aliphatic carbocycles. The summed E-state index contributed by atoms with van der Waals surface area (Å²) in [7, 11) is -3.24. The van der Waals surface area contributed by atoms with Gasteiger partial charge in [-0.25, -0.2) is 23.1 Å². The van der Waals surface area contributed by atoms with Gasteiger partial charge in [-0.05, 0) is 62.6 Å². The van der Waals surface area contributed by atoms with Gasteiger partial charge in [-0.3, -0.25) is 5.32 Å². The smallest absolute Gasteiger partial charge is 0.208 e. The van der Waals surface area contributed by atoms with Crippen LogP contribution in [0.1, 0.15) is 160 Å². The molecule has 4 rings (SSSR count). The molecule has 2 aromatic carbocycles. The van der Waals surface area contributed by atoms with Crippen LogP contribution in [-0.2, 0) is 10.0 Å². The molecule has 59 heavy (non-hydrogen) atoms. The van der Waals surface area contributed by atoms with Crippen LogP contribution in [0.5, 0.6) is 11.5 Å². The highest BCUT2D eigenvalue weighted by molar-refractivity contribution is 7.88.